The Kier molecular flexibility index (Phi) is 5.03. The van der Waals surface area contributed by atoms with Crippen molar-refractivity contribution in [2.24, 2.45) is 0 Å². The maximum Gasteiger partial charge on any atom is 0.252 e. The zero-order valence-corrected chi connectivity index (χ0v) is 15.6. The highest BCUT2D eigenvalue weighted by Gasteiger charge is 2.14. The van der Waals surface area contributed by atoms with Gasteiger partial charge in [0.05, 0.1) is 17.1 Å². The quantitative estimate of drug-likeness (QED) is 0.722. The van der Waals surface area contributed by atoms with Crippen molar-refractivity contribution in [2.75, 3.05) is 0 Å². The lowest BCUT2D eigenvalue weighted by Crippen LogP contribution is -2.23. The number of aromatic nitrogens is 6. The number of aryl methyl sites for hydroxylation is 2. The van der Waals surface area contributed by atoms with Gasteiger partial charge in [-0.1, -0.05) is 18.3 Å². The van der Waals surface area contributed by atoms with Crippen molar-refractivity contribution in [2.45, 2.75) is 53.0 Å². The average Bonchev–Trinajstić information content (AvgIpc) is 3.21. The normalized spacial score (nSPS) is 11.4. The van der Waals surface area contributed by atoms with Crippen LogP contribution in [0.4, 0.5) is 0 Å². The van der Waals surface area contributed by atoms with Gasteiger partial charge in [-0.25, -0.2) is 9.50 Å². The number of hydrogen-bond donors (Lipinski definition) is 1. The van der Waals surface area contributed by atoms with Gasteiger partial charge in [0.15, 0.2) is 0 Å². The Labute approximate surface area is 149 Å². The fourth-order valence-corrected chi connectivity index (χ4v) is 3.53. The summed E-state index contributed by atoms with van der Waals surface area (Å²) in [6, 6.07) is 0. The van der Waals surface area contributed by atoms with Crippen LogP contribution in [0.25, 0.3) is 5.78 Å². The Morgan fingerprint density at radius 2 is 2.16 bits per heavy atom. The van der Waals surface area contributed by atoms with E-state index >= 15 is 0 Å². The summed E-state index contributed by atoms with van der Waals surface area (Å²) in [5, 5.41) is 11.3. The summed E-state index contributed by atoms with van der Waals surface area (Å²) in [6.07, 6.45) is 2.50. The van der Waals surface area contributed by atoms with Crippen LogP contribution in [0.5, 0.6) is 0 Å². The molecule has 25 heavy (non-hydrogen) atoms. The third-order valence-electron chi connectivity index (χ3n) is 4.17. The third-order valence-corrected chi connectivity index (χ3v) is 4.91. The van der Waals surface area contributed by atoms with Crippen LogP contribution >= 0.6 is 11.5 Å². The fourth-order valence-electron chi connectivity index (χ4n) is 2.80. The van der Waals surface area contributed by atoms with Gasteiger partial charge in [-0.05, 0) is 43.3 Å². The van der Waals surface area contributed by atoms with Crippen molar-refractivity contribution in [3.05, 3.63) is 33.8 Å². The van der Waals surface area contributed by atoms with Crippen LogP contribution in [0, 0.1) is 13.8 Å². The molecule has 1 amide bonds. The van der Waals surface area contributed by atoms with Gasteiger partial charge in [-0.2, -0.15) is 10.1 Å². The van der Waals surface area contributed by atoms with E-state index in [1.54, 1.807) is 4.52 Å². The van der Waals surface area contributed by atoms with Gasteiger partial charge in [0.25, 0.3) is 5.78 Å². The molecule has 0 atom stereocenters. The summed E-state index contributed by atoms with van der Waals surface area (Å²) < 4.78 is 5.68. The number of rotatable bonds is 6. The topological polar surface area (TPSA) is 98.0 Å². The fraction of sp³-hybridized carbons (Fsp3) is 0.500. The predicted octanol–water partition coefficient (Wildman–Crippen LogP) is 1.97. The zero-order chi connectivity index (χ0) is 18.0. The average molecular weight is 359 g/mol. The number of nitrogens with one attached hydrogen (secondary N) is 1. The van der Waals surface area contributed by atoms with Crippen molar-refractivity contribution in [3.63, 3.8) is 0 Å². The molecule has 3 heterocycles. The lowest BCUT2D eigenvalue weighted by atomic mass is 10.1. The Bertz CT molecular complexity index is 899. The largest absolute Gasteiger partial charge is 0.351 e. The second kappa shape index (κ2) is 7.22. The van der Waals surface area contributed by atoms with Gasteiger partial charge < -0.3 is 5.32 Å². The Morgan fingerprint density at radius 3 is 2.92 bits per heavy atom. The van der Waals surface area contributed by atoms with E-state index in [-0.39, 0.29) is 5.91 Å². The zero-order valence-electron chi connectivity index (χ0n) is 14.8. The number of fused-ring (bicyclic) bond motifs is 1. The molecule has 0 aliphatic heterocycles. The lowest BCUT2D eigenvalue weighted by molar-refractivity contribution is -0.121. The summed E-state index contributed by atoms with van der Waals surface area (Å²) in [6.45, 7) is 8.53. The maximum atomic E-state index is 12.2. The van der Waals surface area contributed by atoms with Gasteiger partial charge in [0, 0.05) is 17.8 Å². The molecule has 0 aliphatic carbocycles. The highest BCUT2D eigenvalue weighted by molar-refractivity contribution is 7.05. The van der Waals surface area contributed by atoms with E-state index in [9.17, 15) is 4.79 Å². The molecule has 132 valence electrons. The Hall–Kier alpha value is -2.42. The molecule has 0 bridgehead atoms. The lowest BCUT2D eigenvalue weighted by Gasteiger charge is -2.10. The molecule has 9 heteroatoms. The first kappa shape index (κ1) is 17.4. The van der Waals surface area contributed by atoms with E-state index in [1.165, 1.54) is 17.9 Å². The summed E-state index contributed by atoms with van der Waals surface area (Å²) in [7, 11) is 0. The monoisotopic (exact) mass is 359 g/mol. The molecule has 0 saturated carbocycles. The molecule has 0 saturated heterocycles. The number of nitrogens with zero attached hydrogens (tertiary/aromatic N) is 6. The maximum absolute atomic E-state index is 12.2. The molecule has 0 fully saturated rings. The van der Waals surface area contributed by atoms with Gasteiger partial charge in [0.2, 0.25) is 5.91 Å². The molecule has 0 aromatic carbocycles. The summed E-state index contributed by atoms with van der Waals surface area (Å²) >= 11 is 1.34. The molecule has 0 unspecified atom stereocenters. The second-order valence-corrected chi connectivity index (χ2v) is 7.08. The van der Waals surface area contributed by atoms with Crippen molar-refractivity contribution < 1.29 is 4.79 Å². The minimum atomic E-state index is 0.000549. The first-order valence-corrected chi connectivity index (χ1v) is 8.98. The summed E-state index contributed by atoms with van der Waals surface area (Å²) in [5.41, 5.74) is 3.86. The van der Waals surface area contributed by atoms with Crippen molar-refractivity contribution in [1.82, 2.24) is 34.5 Å². The van der Waals surface area contributed by atoms with Crippen LogP contribution in [0.3, 0.4) is 0 Å². The van der Waals surface area contributed by atoms with Gasteiger partial charge in [-0.3, -0.25) is 4.79 Å². The number of carbonyl (C=O) groups is 1. The summed E-state index contributed by atoms with van der Waals surface area (Å²) in [4.78, 5) is 21.8. The number of amides is 1. The molecular weight excluding hydrogens is 338 g/mol. The molecule has 8 nitrogen and oxygen atoms in total. The first-order valence-electron chi connectivity index (χ1n) is 8.21. The summed E-state index contributed by atoms with van der Waals surface area (Å²) in [5.74, 6) is 0.888. The van der Waals surface area contributed by atoms with Crippen LogP contribution in [0.2, 0.25) is 0 Å². The first-order chi connectivity index (χ1) is 12.0. The van der Waals surface area contributed by atoms with Crippen LogP contribution in [-0.2, 0) is 17.8 Å². The highest BCUT2D eigenvalue weighted by Crippen LogP contribution is 2.19. The van der Waals surface area contributed by atoms with Crippen LogP contribution < -0.4 is 5.32 Å². The second-order valence-electron chi connectivity index (χ2n) is 6.25. The van der Waals surface area contributed by atoms with E-state index in [0.717, 1.165) is 27.5 Å². The van der Waals surface area contributed by atoms with E-state index in [0.29, 0.717) is 31.1 Å². The molecule has 0 radical (unpaired) electrons. The number of carbonyl (C=O) groups excluding carboxylic acids is 1. The Balaban J connectivity index is 1.62. The van der Waals surface area contributed by atoms with E-state index < -0.39 is 0 Å². The minimum absolute atomic E-state index is 0.000549. The van der Waals surface area contributed by atoms with E-state index in [1.807, 2.05) is 13.8 Å². The number of hydrogen-bond acceptors (Lipinski definition) is 7. The van der Waals surface area contributed by atoms with Gasteiger partial charge in [0.1, 0.15) is 6.33 Å². The van der Waals surface area contributed by atoms with Crippen LogP contribution in [0.1, 0.15) is 53.7 Å². The molecule has 0 spiro atoms. The van der Waals surface area contributed by atoms with E-state index in [4.69, 9.17) is 0 Å². The standard InChI is InChI=1S/C16H21N7OS/c1-9(2)15-13(25-22-21-15)7-17-14(24)6-5-12-10(3)20-16-18-8-19-23(16)11(12)4/h8-9H,5-7H2,1-4H3,(H,17,24). The molecule has 1 N–H and O–H groups in total. The molecule has 3 aromatic rings. The highest BCUT2D eigenvalue weighted by atomic mass is 32.1. The molecule has 0 aliphatic rings. The van der Waals surface area contributed by atoms with Gasteiger partial charge >= 0.3 is 0 Å². The predicted molar refractivity (Wildman–Crippen MR) is 94.4 cm³/mol. The Morgan fingerprint density at radius 1 is 1.36 bits per heavy atom. The SMILES string of the molecule is Cc1nc2ncnn2c(C)c1CCC(=O)NCc1snnc1C(C)C. The molecular formula is C16H21N7OS. The van der Waals surface area contributed by atoms with Crippen LogP contribution in [0.15, 0.2) is 6.33 Å². The van der Waals surface area contributed by atoms with Crippen molar-refractivity contribution in [3.8, 4) is 0 Å². The van der Waals surface area contributed by atoms with Crippen molar-refractivity contribution in [1.29, 1.82) is 0 Å². The smallest absolute Gasteiger partial charge is 0.252 e. The van der Waals surface area contributed by atoms with E-state index in [2.05, 4.69) is 43.8 Å². The van der Waals surface area contributed by atoms with Crippen molar-refractivity contribution >= 4 is 23.2 Å². The van der Waals surface area contributed by atoms with Crippen LogP contribution in [-0.4, -0.2) is 35.1 Å². The van der Waals surface area contributed by atoms with Gasteiger partial charge in [-0.15, -0.1) is 5.10 Å². The minimum Gasteiger partial charge on any atom is -0.351 e. The molecule has 3 rings (SSSR count). The third kappa shape index (κ3) is 3.65. The molecule has 3 aromatic heterocycles.